The molecule has 0 aromatic carbocycles. The molecule has 1 saturated heterocycles. The highest BCUT2D eigenvalue weighted by Crippen LogP contribution is 2.14. The Balaban J connectivity index is 2.17. The van der Waals surface area contributed by atoms with E-state index in [0.29, 0.717) is 0 Å². The third-order valence-electron chi connectivity index (χ3n) is 4.27. The molecular weight excluding hydrogens is 222 g/mol. The number of hydrogen-bond acceptors (Lipinski definition) is 3. The van der Waals surface area contributed by atoms with Gasteiger partial charge in [0, 0.05) is 18.6 Å². The zero-order valence-corrected chi connectivity index (χ0v) is 12.9. The predicted molar refractivity (Wildman–Crippen MR) is 80.1 cm³/mol. The fourth-order valence-corrected chi connectivity index (χ4v) is 3.01. The summed E-state index contributed by atoms with van der Waals surface area (Å²) in [5.41, 5.74) is 0. The third kappa shape index (κ3) is 5.68. The lowest BCUT2D eigenvalue weighted by molar-refractivity contribution is 0.132. The molecule has 0 saturated carbocycles. The molecule has 108 valence electrons. The van der Waals surface area contributed by atoms with E-state index >= 15 is 0 Å². The number of rotatable bonds is 8. The van der Waals surface area contributed by atoms with Gasteiger partial charge in [-0.2, -0.15) is 0 Å². The van der Waals surface area contributed by atoms with E-state index < -0.39 is 0 Å². The normalized spacial score (nSPS) is 23.5. The molecule has 0 radical (unpaired) electrons. The van der Waals surface area contributed by atoms with Crippen LogP contribution in [0.5, 0.6) is 0 Å². The van der Waals surface area contributed by atoms with Crippen LogP contribution in [0.3, 0.4) is 0 Å². The molecule has 2 atom stereocenters. The molecule has 0 amide bonds. The van der Waals surface area contributed by atoms with E-state index in [1.165, 1.54) is 51.7 Å². The Labute approximate surface area is 114 Å². The number of nitrogens with one attached hydrogen (secondary N) is 1. The van der Waals surface area contributed by atoms with Crippen LogP contribution < -0.4 is 5.32 Å². The molecule has 0 bridgehead atoms. The van der Waals surface area contributed by atoms with Gasteiger partial charge in [0.1, 0.15) is 0 Å². The van der Waals surface area contributed by atoms with Crippen molar-refractivity contribution in [2.24, 2.45) is 0 Å². The van der Waals surface area contributed by atoms with Crippen molar-refractivity contribution < 1.29 is 0 Å². The maximum Gasteiger partial charge on any atom is 0.0220 e. The smallest absolute Gasteiger partial charge is 0.0220 e. The van der Waals surface area contributed by atoms with E-state index in [1.807, 2.05) is 0 Å². The Kier molecular flexibility index (Phi) is 7.87. The van der Waals surface area contributed by atoms with Gasteiger partial charge in [0.25, 0.3) is 0 Å². The van der Waals surface area contributed by atoms with Crippen LogP contribution in [0.15, 0.2) is 0 Å². The average molecular weight is 255 g/mol. The fourth-order valence-electron chi connectivity index (χ4n) is 3.01. The first-order chi connectivity index (χ1) is 8.67. The first-order valence-corrected chi connectivity index (χ1v) is 7.79. The molecule has 0 aromatic rings. The second-order valence-corrected chi connectivity index (χ2v) is 5.84. The molecule has 1 fully saturated rings. The van der Waals surface area contributed by atoms with Crippen molar-refractivity contribution in [3.63, 3.8) is 0 Å². The van der Waals surface area contributed by atoms with Gasteiger partial charge in [0.15, 0.2) is 0 Å². The van der Waals surface area contributed by atoms with Crippen molar-refractivity contribution in [3.8, 4) is 0 Å². The molecule has 0 aliphatic carbocycles. The van der Waals surface area contributed by atoms with Crippen molar-refractivity contribution >= 4 is 0 Å². The molecule has 0 spiro atoms. The highest BCUT2D eigenvalue weighted by Gasteiger charge is 2.20. The standard InChI is InChI=1S/C15H33N3/c1-5-14(16-6-2)9-7-12-18(4)15-10-8-11-17(3)13-15/h14-16H,5-13H2,1-4H3. The summed E-state index contributed by atoms with van der Waals surface area (Å²) in [5.74, 6) is 0. The molecule has 1 aliphatic rings. The molecule has 1 heterocycles. The van der Waals surface area contributed by atoms with E-state index in [1.54, 1.807) is 0 Å². The lowest BCUT2D eigenvalue weighted by Crippen LogP contribution is -2.45. The van der Waals surface area contributed by atoms with Gasteiger partial charge in [-0.3, -0.25) is 0 Å². The van der Waals surface area contributed by atoms with Gasteiger partial charge in [-0.15, -0.1) is 0 Å². The first kappa shape index (κ1) is 15.9. The Morgan fingerprint density at radius 2 is 2.17 bits per heavy atom. The largest absolute Gasteiger partial charge is 0.314 e. The summed E-state index contributed by atoms with van der Waals surface area (Å²) >= 11 is 0. The molecule has 18 heavy (non-hydrogen) atoms. The van der Waals surface area contributed by atoms with E-state index in [2.05, 4.69) is 43.1 Å². The number of likely N-dealkylation sites (tertiary alicyclic amines) is 1. The van der Waals surface area contributed by atoms with Crippen LogP contribution in [0.4, 0.5) is 0 Å². The summed E-state index contributed by atoms with van der Waals surface area (Å²) in [6.45, 7) is 9.37. The molecule has 3 nitrogen and oxygen atoms in total. The number of hydrogen-bond donors (Lipinski definition) is 1. The molecule has 1 aliphatic heterocycles. The van der Waals surface area contributed by atoms with Crippen molar-refractivity contribution in [2.45, 2.75) is 58.0 Å². The van der Waals surface area contributed by atoms with Gasteiger partial charge >= 0.3 is 0 Å². The minimum atomic E-state index is 0.720. The summed E-state index contributed by atoms with van der Waals surface area (Å²) in [4.78, 5) is 5.05. The lowest BCUT2D eigenvalue weighted by Gasteiger charge is -2.36. The summed E-state index contributed by atoms with van der Waals surface area (Å²) in [6, 6.07) is 1.50. The van der Waals surface area contributed by atoms with Gasteiger partial charge in [0.05, 0.1) is 0 Å². The van der Waals surface area contributed by atoms with Crippen LogP contribution in [0, 0.1) is 0 Å². The Morgan fingerprint density at radius 3 is 2.78 bits per heavy atom. The van der Waals surface area contributed by atoms with Crippen LogP contribution >= 0.6 is 0 Å². The average Bonchev–Trinajstić information content (AvgIpc) is 2.37. The van der Waals surface area contributed by atoms with Gasteiger partial charge in [-0.25, -0.2) is 0 Å². The predicted octanol–water partition coefficient (Wildman–Crippen LogP) is 2.18. The first-order valence-electron chi connectivity index (χ1n) is 7.79. The second-order valence-electron chi connectivity index (χ2n) is 5.84. The van der Waals surface area contributed by atoms with E-state index in [0.717, 1.165) is 18.6 Å². The fraction of sp³-hybridized carbons (Fsp3) is 1.00. The van der Waals surface area contributed by atoms with Gasteiger partial charge in [-0.1, -0.05) is 13.8 Å². The van der Waals surface area contributed by atoms with Crippen LogP contribution in [0.25, 0.3) is 0 Å². The zero-order chi connectivity index (χ0) is 13.4. The Bertz CT molecular complexity index is 208. The summed E-state index contributed by atoms with van der Waals surface area (Å²) < 4.78 is 0. The molecule has 1 rings (SSSR count). The molecule has 1 N–H and O–H groups in total. The van der Waals surface area contributed by atoms with Crippen molar-refractivity contribution in [1.29, 1.82) is 0 Å². The van der Waals surface area contributed by atoms with Crippen LogP contribution in [-0.4, -0.2) is 62.2 Å². The minimum Gasteiger partial charge on any atom is -0.314 e. The van der Waals surface area contributed by atoms with Crippen molar-refractivity contribution in [3.05, 3.63) is 0 Å². The topological polar surface area (TPSA) is 18.5 Å². The van der Waals surface area contributed by atoms with Crippen LogP contribution in [0.2, 0.25) is 0 Å². The maximum absolute atomic E-state index is 3.57. The maximum atomic E-state index is 3.57. The molecule has 0 aromatic heterocycles. The van der Waals surface area contributed by atoms with Crippen LogP contribution in [-0.2, 0) is 0 Å². The molecule has 3 heteroatoms. The minimum absolute atomic E-state index is 0.720. The second kappa shape index (κ2) is 8.89. The van der Waals surface area contributed by atoms with Gasteiger partial charge in [0.2, 0.25) is 0 Å². The molecule has 2 unspecified atom stereocenters. The van der Waals surface area contributed by atoms with Crippen molar-refractivity contribution in [2.75, 3.05) is 40.3 Å². The van der Waals surface area contributed by atoms with Crippen LogP contribution in [0.1, 0.15) is 46.0 Å². The number of likely N-dealkylation sites (N-methyl/N-ethyl adjacent to an activating group) is 2. The van der Waals surface area contributed by atoms with E-state index in [9.17, 15) is 0 Å². The highest BCUT2D eigenvalue weighted by atomic mass is 15.2. The zero-order valence-electron chi connectivity index (χ0n) is 12.9. The molecular formula is C15H33N3. The summed E-state index contributed by atoms with van der Waals surface area (Å²) in [7, 11) is 4.55. The number of nitrogens with zero attached hydrogens (tertiary/aromatic N) is 2. The van der Waals surface area contributed by atoms with Gasteiger partial charge in [-0.05, 0) is 65.8 Å². The monoisotopic (exact) mass is 255 g/mol. The SMILES string of the molecule is CCNC(CC)CCCN(C)C1CCCN(C)C1. The van der Waals surface area contributed by atoms with Gasteiger partial charge < -0.3 is 15.1 Å². The van der Waals surface area contributed by atoms with E-state index in [4.69, 9.17) is 0 Å². The third-order valence-corrected chi connectivity index (χ3v) is 4.27. The Hall–Kier alpha value is -0.120. The van der Waals surface area contributed by atoms with E-state index in [-0.39, 0.29) is 0 Å². The Morgan fingerprint density at radius 1 is 1.39 bits per heavy atom. The lowest BCUT2D eigenvalue weighted by atomic mass is 10.0. The quantitative estimate of drug-likeness (QED) is 0.717. The van der Waals surface area contributed by atoms with Crippen molar-refractivity contribution in [1.82, 2.24) is 15.1 Å². The summed E-state index contributed by atoms with van der Waals surface area (Å²) in [6.07, 6.45) is 6.63. The summed E-state index contributed by atoms with van der Waals surface area (Å²) in [5, 5.41) is 3.57. The highest BCUT2D eigenvalue weighted by molar-refractivity contribution is 4.78. The number of piperidine rings is 1.